The zero-order valence-electron chi connectivity index (χ0n) is 6.86. The van der Waals surface area contributed by atoms with Gasteiger partial charge in [-0.25, -0.2) is 0 Å². The summed E-state index contributed by atoms with van der Waals surface area (Å²) < 4.78 is 1.86. The number of aromatic nitrogens is 2. The van der Waals surface area contributed by atoms with Crippen molar-refractivity contribution in [2.24, 2.45) is 0 Å². The van der Waals surface area contributed by atoms with E-state index >= 15 is 0 Å². The normalized spacial score (nSPS) is 10.8. The summed E-state index contributed by atoms with van der Waals surface area (Å²) in [6.07, 6.45) is 1.80. The first-order valence-electron chi connectivity index (χ1n) is 3.96. The lowest BCUT2D eigenvalue weighted by Crippen LogP contribution is -1.94. The molecule has 12 heavy (non-hydrogen) atoms. The highest BCUT2D eigenvalue weighted by molar-refractivity contribution is 5.79. The van der Waals surface area contributed by atoms with E-state index in [4.69, 9.17) is 0 Å². The second kappa shape index (κ2) is 2.52. The van der Waals surface area contributed by atoms with E-state index < -0.39 is 0 Å². The molecule has 0 radical (unpaired) electrons. The van der Waals surface area contributed by atoms with Gasteiger partial charge < -0.3 is 5.11 Å². The summed E-state index contributed by atoms with van der Waals surface area (Å²) in [4.78, 5) is 0. The van der Waals surface area contributed by atoms with Crippen LogP contribution in [0.25, 0.3) is 10.9 Å². The fourth-order valence-corrected chi connectivity index (χ4v) is 1.31. The summed E-state index contributed by atoms with van der Waals surface area (Å²) in [6.45, 7) is 2.85. The molecular formula is C9H10N2O. The minimum absolute atomic E-state index is 0.290. The van der Waals surface area contributed by atoms with Crippen LogP contribution in [0, 0.1) is 0 Å². The molecule has 3 heteroatoms. The van der Waals surface area contributed by atoms with E-state index in [0.29, 0.717) is 0 Å². The van der Waals surface area contributed by atoms with Gasteiger partial charge in [-0.2, -0.15) is 5.10 Å². The molecule has 1 aromatic carbocycles. The van der Waals surface area contributed by atoms with E-state index in [0.717, 1.165) is 17.4 Å². The molecule has 0 fully saturated rings. The van der Waals surface area contributed by atoms with E-state index in [1.807, 2.05) is 17.7 Å². The molecule has 1 aromatic heterocycles. The molecular weight excluding hydrogens is 152 g/mol. The van der Waals surface area contributed by atoms with Crippen LogP contribution in [0.2, 0.25) is 0 Å². The van der Waals surface area contributed by atoms with Gasteiger partial charge in [0, 0.05) is 18.0 Å². The Morgan fingerprint density at radius 3 is 3.08 bits per heavy atom. The standard InChI is InChI=1S/C9H10N2O/c1-2-11-9-5-8(12)4-3-7(9)6-10-11/h3-6,12H,2H2,1H3. The molecule has 1 N–H and O–H groups in total. The molecule has 1 heterocycles. The molecule has 0 saturated heterocycles. The van der Waals surface area contributed by atoms with E-state index in [1.165, 1.54) is 0 Å². The largest absolute Gasteiger partial charge is 0.508 e. The maximum atomic E-state index is 9.23. The van der Waals surface area contributed by atoms with Crippen LogP contribution in [0.1, 0.15) is 6.92 Å². The van der Waals surface area contributed by atoms with E-state index in [2.05, 4.69) is 5.10 Å². The Morgan fingerprint density at radius 2 is 2.33 bits per heavy atom. The van der Waals surface area contributed by atoms with Crippen LogP contribution in [-0.2, 0) is 6.54 Å². The second-order valence-electron chi connectivity index (χ2n) is 2.70. The van der Waals surface area contributed by atoms with E-state index in [1.54, 1.807) is 18.3 Å². The van der Waals surface area contributed by atoms with Gasteiger partial charge in [-0.15, -0.1) is 0 Å². The molecule has 0 unspecified atom stereocenters. The third-order valence-electron chi connectivity index (χ3n) is 1.93. The Morgan fingerprint density at radius 1 is 1.50 bits per heavy atom. The number of aromatic hydroxyl groups is 1. The predicted octanol–water partition coefficient (Wildman–Crippen LogP) is 1.76. The van der Waals surface area contributed by atoms with Crippen LogP contribution in [0.5, 0.6) is 5.75 Å². The zero-order valence-corrected chi connectivity index (χ0v) is 6.86. The predicted molar refractivity (Wildman–Crippen MR) is 47.1 cm³/mol. The highest BCUT2D eigenvalue weighted by atomic mass is 16.3. The molecule has 0 bridgehead atoms. The SMILES string of the molecule is CCn1ncc2ccc(O)cc21. The van der Waals surface area contributed by atoms with Crippen molar-refractivity contribution >= 4 is 10.9 Å². The first-order valence-corrected chi connectivity index (χ1v) is 3.96. The molecule has 3 nitrogen and oxygen atoms in total. The number of phenolic OH excluding ortho intramolecular Hbond substituents is 1. The molecule has 0 aliphatic carbocycles. The van der Waals surface area contributed by atoms with Gasteiger partial charge in [0.1, 0.15) is 5.75 Å². The summed E-state index contributed by atoms with van der Waals surface area (Å²) in [6, 6.07) is 5.26. The maximum absolute atomic E-state index is 9.23. The van der Waals surface area contributed by atoms with Crippen molar-refractivity contribution in [2.75, 3.05) is 0 Å². The first kappa shape index (κ1) is 7.16. The summed E-state index contributed by atoms with van der Waals surface area (Å²) in [5.74, 6) is 0.290. The molecule has 0 amide bonds. The molecule has 62 valence electrons. The Bertz CT molecular complexity index is 406. The maximum Gasteiger partial charge on any atom is 0.117 e. The van der Waals surface area contributed by atoms with Crippen molar-refractivity contribution in [3.05, 3.63) is 24.4 Å². The summed E-state index contributed by atoms with van der Waals surface area (Å²) in [5, 5.41) is 14.5. The summed E-state index contributed by atoms with van der Waals surface area (Å²) in [7, 11) is 0. The Kier molecular flexibility index (Phi) is 1.50. The Hall–Kier alpha value is -1.51. The van der Waals surface area contributed by atoms with Crippen LogP contribution in [-0.4, -0.2) is 14.9 Å². The van der Waals surface area contributed by atoms with Crippen LogP contribution < -0.4 is 0 Å². The average Bonchev–Trinajstić information content (AvgIpc) is 2.46. The van der Waals surface area contributed by atoms with Crippen LogP contribution in [0.4, 0.5) is 0 Å². The number of nitrogens with zero attached hydrogens (tertiary/aromatic N) is 2. The second-order valence-corrected chi connectivity index (χ2v) is 2.70. The van der Waals surface area contributed by atoms with Crippen molar-refractivity contribution in [2.45, 2.75) is 13.5 Å². The van der Waals surface area contributed by atoms with Gasteiger partial charge >= 0.3 is 0 Å². The number of hydrogen-bond donors (Lipinski definition) is 1. The average molecular weight is 162 g/mol. The Balaban J connectivity index is 2.75. The van der Waals surface area contributed by atoms with Gasteiger partial charge in [0.25, 0.3) is 0 Å². The third-order valence-corrected chi connectivity index (χ3v) is 1.93. The quantitative estimate of drug-likeness (QED) is 0.693. The highest BCUT2D eigenvalue weighted by Crippen LogP contribution is 2.18. The van der Waals surface area contributed by atoms with Gasteiger partial charge in [0.15, 0.2) is 0 Å². The van der Waals surface area contributed by atoms with Crippen LogP contribution >= 0.6 is 0 Å². The van der Waals surface area contributed by atoms with E-state index in [9.17, 15) is 5.11 Å². The third kappa shape index (κ3) is 0.942. The minimum Gasteiger partial charge on any atom is -0.508 e. The lowest BCUT2D eigenvalue weighted by molar-refractivity contribution is 0.475. The number of benzene rings is 1. The molecule has 0 saturated carbocycles. The number of aryl methyl sites for hydroxylation is 1. The summed E-state index contributed by atoms with van der Waals surface area (Å²) >= 11 is 0. The van der Waals surface area contributed by atoms with Gasteiger partial charge in [-0.1, -0.05) is 0 Å². The van der Waals surface area contributed by atoms with Gasteiger partial charge in [-0.3, -0.25) is 4.68 Å². The van der Waals surface area contributed by atoms with E-state index in [-0.39, 0.29) is 5.75 Å². The molecule has 0 aliphatic heterocycles. The number of fused-ring (bicyclic) bond motifs is 1. The highest BCUT2D eigenvalue weighted by Gasteiger charge is 2.00. The molecule has 0 spiro atoms. The lowest BCUT2D eigenvalue weighted by Gasteiger charge is -1.97. The zero-order chi connectivity index (χ0) is 8.55. The first-order chi connectivity index (χ1) is 5.81. The van der Waals surface area contributed by atoms with Crippen molar-refractivity contribution in [1.29, 1.82) is 0 Å². The number of phenols is 1. The van der Waals surface area contributed by atoms with Crippen molar-refractivity contribution in [3.8, 4) is 5.75 Å². The monoisotopic (exact) mass is 162 g/mol. The van der Waals surface area contributed by atoms with Crippen molar-refractivity contribution < 1.29 is 5.11 Å². The fraction of sp³-hybridized carbons (Fsp3) is 0.222. The van der Waals surface area contributed by atoms with Gasteiger partial charge in [0.05, 0.1) is 11.7 Å². The van der Waals surface area contributed by atoms with Gasteiger partial charge in [0.2, 0.25) is 0 Å². The van der Waals surface area contributed by atoms with Crippen molar-refractivity contribution in [3.63, 3.8) is 0 Å². The number of rotatable bonds is 1. The smallest absolute Gasteiger partial charge is 0.117 e. The number of hydrogen-bond acceptors (Lipinski definition) is 2. The topological polar surface area (TPSA) is 38.0 Å². The lowest BCUT2D eigenvalue weighted by atomic mass is 10.2. The van der Waals surface area contributed by atoms with Crippen LogP contribution in [0.15, 0.2) is 24.4 Å². The Labute approximate surface area is 70.2 Å². The minimum atomic E-state index is 0.290. The van der Waals surface area contributed by atoms with Crippen LogP contribution in [0.3, 0.4) is 0 Å². The fourth-order valence-electron chi connectivity index (χ4n) is 1.31. The van der Waals surface area contributed by atoms with Gasteiger partial charge in [-0.05, 0) is 19.1 Å². The molecule has 2 aromatic rings. The molecule has 2 rings (SSSR count). The molecule has 0 atom stereocenters. The summed E-state index contributed by atoms with van der Waals surface area (Å²) in [5.41, 5.74) is 0.984. The molecule has 0 aliphatic rings. The van der Waals surface area contributed by atoms with Crippen molar-refractivity contribution in [1.82, 2.24) is 9.78 Å².